The van der Waals surface area contributed by atoms with Gasteiger partial charge in [-0.1, -0.05) is 12.1 Å². The van der Waals surface area contributed by atoms with Crippen molar-refractivity contribution in [3.63, 3.8) is 0 Å². The van der Waals surface area contributed by atoms with Crippen molar-refractivity contribution in [3.8, 4) is 5.75 Å². The van der Waals surface area contributed by atoms with Gasteiger partial charge in [0.1, 0.15) is 5.75 Å². The summed E-state index contributed by atoms with van der Waals surface area (Å²) in [5, 5.41) is 13.1. The van der Waals surface area contributed by atoms with Crippen molar-refractivity contribution >= 4 is 27.5 Å². The van der Waals surface area contributed by atoms with Crippen molar-refractivity contribution in [1.82, 2.24) is 4.90 Å². The molecule has 2 aromatic carbocycles. The van der Waals surface area contributed by atoms with Crippen LogP contribution in [0.1, 0.15) is 15.9 Å². The second-order valence-corrected chi connectivity index (χ2v) is 5.73. The van der Waals surface area contributed by atoms with Crippen LogP contribution in [0, 0.1) is 0 Å². The van der Waals surface area contributed by atoms with Gasteiger partial charge >= 0.3 is 0 Å². The van der Waals surface area contributed by atoms with Crippen molar-refractivity contribution in [2.24, 2.45) is 0 Å². The zero-order chi connectivity index (χ0) is 15.4. The second kappa shape index (κ2) is 6.63. The highest BCUT2D eigenvalue weighted by atomic mass is 79.9. The van der Waals surface area contributed by atoms with E-state index >= 15 is 0 Å². The molecular weight excluding hydrogens is 332 g/mol. The van der Waals surface area contributed by atoms with Crippen LogP contribution >= 0.6 is 15.9 Å². The number of amides is 1. The van der Waals surface area contributed by atoms with Crippen LogP contribution in [0.25, 0.3) is 0 Å². The van der Waals surface area contributed by atoms with E-state index in [-0.39, 0.29) is 11.7 Å². The van der Waals surface area contributed by atoms with E-state index in [0.29, 0.717) is 16.6 Å². The van der Waals surface area contributed by atoms with Gasteiger partial charge in [-0.15, -0.1) is 0 Å². The summed E-state index contributed by atoms with van der Waals surface area (Å²) < 4.78 is 0.675. The van der Waals surface area contributed by atoms with Gasteiger partial charge in [-0.2, -0.15) is 0 Å². The number of anilines is 1. The number of rotatable bonds is 4. The first-order chi connectivity index (χ1) is 9.99. The Morgan fingerprint density at radius 1 is 1.19 bits per heavy atom. The first-order valence-electron chi connectivity index (χ1n) is 6.51. The Hall–Kier alpha value is -2.01. The molecular formula is C16H17BrN2O2. The van der Waals surface area contributed by atoms with Gasteiger partial charge in [-0.05, 0) is 46.3 Å². The lowest BCUT2D eigenvalue weighted by atomic mass is 10.1. The van der Waals surface area contributed by atoms with Gasteiger partial charge in [-0.25, -0.2) is 0 Å². The molecule has 0 saturated carbocycles. The molecule has 0 unspecified atom stereocenters. The first kappa shape index (κ1) is 15.4. The Morgan fingerprint density at radius 3 is 2.48 bits per heavy atom. The normalized spacial score (nSPS) is 10.2. The summed E-state index contributed by atoms with van der Waals surface area (Å²) in [6.07, 6.45) is 0. The number of carbonyl (C=O) groups excluding carboxylic acids is 1. The maximum Gasteiger partial charge on any atom is 0.253 e. The molecule has 0 radical (unpaired) electrons. The molecule has 0 aliphatic carbocycles. The van der Waals surface area contributed by atoms with Crippen LogP contribution < -0.4 is 5.32 Å². The van der Waals surface area contributed by atoms with Gasteiger partial charge in [0, 0.05) is 37.5 Å². The van der Waals surface area contributed by atoms with Crippen molar-refractivity contribution in [1.29, 1.82) is 0 Å². The summed E-state index contributed by atoms with van der Waals surface area (Å²) in [5.41, 5.74) is 2.35. The van der Waals surface area contributed by atoms with Gasteiger partial charge in [0.05, 0.1) is 4.47 Å². The number of hydrogen-bond donors (Lipinski definition) is 2. The molecule has 2 aromatic rings. The van der Waals surface area contributed by atoms with Crippen LogP contribution in [-0.2, 0) is 6.54 Å². The van der Waals surface area contributed by atoms with Crippen LogP contribution in [0.2, 0.25) is 0 Å². The summed E-state index contributed by atoms with van der Waals surface area (Å²) in [4.78, 5) is 13.3. The highest BCUT2D eigenvalue weighted by molar-refractivity contribution is 9.10. The minimum Gasteiger partial charge on any atom is -0.506 e. The summed E-state index contributed by atoms with van der Waals surface area (Å²) >= 11 is 3.29. The average molecular weight is 349 g/mol. The minimum absolute atomic E-state index is 0.0221. The Balaban J connectivity index is 2.04. The maximum absolute atomic E-state index is 11.8. The predicted molar refractivity (Wildman–Crippen MR) is 87.6 cm³/mol. The molecule has 0 aliphatic heterocycles. The molecule has 110 valence electrons. The molecule has 2 N–H and O–H groups in total. The zero-order valence-corrected chi connectivity index (χ0v) is 13.5. The van der Waals surface area contributed by atoms with Crippen molar-refractivity contribution in [2.45, 2.75) is 6.54 Å². The Bertz CT molecular complexity index is 639. The number of phenolic OH excluding ortho intramolecular Hbond substituents is 1. The summed E-state index contributed by atoms with van der Waals surface area (Å²) in [6.45, 7) is 0.506. The lowest BCUT2D eigenvalue weighted by Crippen LogP contribution is -2.21. The Morgan fingerprint density at radius 2 is 1.86 bits per heavy atom. The molecule has 21 heavy (non-hydrogen) atoms. The third-order valence-electron chi connectivity index (χ3n) is 3.09. The predicted octanol–water partition coefficient (Wildman–Crippen LogP) is 3.47. The number of para-hydroxylation sites is 1. The highest BCUT2D eigenvalue weighted by Crippen LogP contribution is 2.27. The van der Waals surface area contributed by atoms with E-state index in [1.807, 2.05) is 24.3 Å². The second-order valence-electron chi connectivity index (χ2n) is 4.88. The number of carbonyl (C=O) groups is 1. The van der Waals surface area contributed by atoms with E-state index in [4.69, 9.17) is 0 Å². The van der Waals surface area contributed by atoms with E-state index in [2.05, 4.69) is 21.2 Å². The third-order valence-corrected chi connectivity index (χ3v) is 3.73. The average Bonchev–Trinajstić information content (AvgIpc) is 2.48. The monoisotopic (exact) mass is 348 g/mol. The molecule has 1 amide bonds. The number of benzene rings is 2. The fourth-order valence-corrected chi connectivity index (χ4v) is 2.30. The number of phenols is 1. The van der Waals surface area contributed by atoms with Gasteiger partial charge < -0.3 is 15.3 Å². The van der Waals surface area contributed by atoms with Crippen LogP contribution in [-0.4, -0.2) is 30.0 Å². The molecule has 4 nitrogen and oxygen atoms in total. The molecule has 0 fully saturated rings. The fraction of sp³-hybridized carbons (Fsp3) is 0.188. The summed E-state index contributed by atoms with van der Waals surface area (Å²) in [7, 11) is 3.45. The van der Waals surface area contributed by atoms with E-state index in [1.165, 1.54) is 0 Å². The summed E-state index contributed by atoms with van der Waals surface area (Å²) in [6, 6.07) is 12.8. The fourth-order valence-electron chi connectivity index (χ4n) is 1.89. The standard InChI is InChI=1S/C16H17BrN2O2/c1-19(2)16(21)11-6-8-13(9-7-11)18-10-12-4-3-5-14(17)15(12)20/h3-9,18,20H,10H2,1-2H3. The molecule has 0 saturated heterocycles. The molecule has 0 heterocycles. The molecule has 2 rings (SSSR count). The lowest BCUT2D eigenvalue weighted by molar-refractivity contribution is 0.0827. The Labute approximate surface area is 132 Å². The number of halogens is 1. The number of aromatic hydroxyl groups is 1. The molecule has 0 atom stereocenters. The van der Waals surface area contributed by atoms with E-state index in [0.717, 1.165) is 11.3 Å². The van der Waals surface area contributed by atoms with E-state index in [1.54, 1.807) is 37.2 Å². The highest BCUT2D eigenvalue weighted by Gasteiger charge is 2.08. The smallest absolute Gasteiger partial charge is 0.253 e. The lowest BCUT2D eigenvalue weighted by Gasteiger charge is -2.12. The third kappa shape index (κ3) is 3.76. The SMILES string of the molecule is CN(C)C(=O)c1ccc(NCc2cccc(Br)c2O)cc1. The largest absolute Gasteiger partial charge is 0.506 e. The van der Waals surface area contributed by atoms with Gasteiger partial charge in [-0.3, -0.25) is 4.79 Å². The van der Waals surface area contributed by atoms with E-state index in [9.17, 15) is 9.90 Å². The van der Waals surface area contributed by atoms with Gasteiger partial charge in [0.15, 0.2) is 0 Å². The number of hydrogen-bond acceptors (Lipinski definition) is 3. The molecule has 0 bridgehead atoms. The van der Waals surface area contributed by atoms with Gasteiger partial charge in [0.25, 0.3) is 5.91 Å². The quantitative estimate of drug-likeness (QED) is 0.889. The molecule has 0 aromatic heterocycles. The van der Waals surface area contributed by atoms with Crippen LogP contribution in [0.3, 0.4) is 0 Å². The minimum atomic E-state index is -0.0221. The van der Waals surface area contributed by atoms with E-state index < -0.39 is 0 Å². The van der Waals surface area contributed by atoms with Crippen LogP contribution in [0.15, 0.2) is 46.9 Å². The Kier molecular flexibility index (Phi) is 4.85. The molecule has 0 spiro atoms. The molecule has 0 aliphatic rings. The number of nitrogens with one attached hydrogen (secondary N) is 1. The maximum atomic E-state index is 11.8. The summed E-state index contributed by atoms with van der Waals surface area (Å²) in [5.74, 6) is 0.218. The zero-order valence-electron chi connectivity index (χ0n) is 11.9. The van der Waals surface area contributed by atoms with Gasteiger partial charge in [0.2, 0.25) is 0 Å². The van der Waals surface area contributed by atoms with Crippen LogP contribution in [0.4, 0.5) is 5.69 Å². The topological polar surface area (TPSA) is 52.6 Å². The van der Waals surface area contributed by atoms with Crippen molar-refractivity contribution in [2.75, 3.05) is 19.4 Å². The first-order valence-corrected chi connectivity index (χ1v) is 7.30. The van der Waals surface area contributed by atoms with Crippen LogP contribution in [0.5, 0.6) is 5.75 Å². The van der Waals surface area contributed by atoms with Crippen molar-refractivity contribution < 1.29 is 9.90 Å². The molecule has 5 heteroatoms. The van der Waals surface area contributed by atoms with Crippen molar-refractivity contribution in [3.05, 3.63) is 58.1 Å². The number of nitrogens with zero attached hydrogens (tertiary/aromatic N) is 1.